The van der Waals surface area contributed by atoms with Crippen LogP contribution >= 0.6 is 11.3 Å². The van der Waals surface area contributed by atoms with Gasteiger partial charge in [-0.1, -0.05) is 13.0 Å². The van der Waals surface area contributed by atoms with Crippen LogP contribution < -0.4 is 5.32 Å². The molecule has 1 aliphatic rings. The molecule has 1 amide bonds. The summed E-state index contributed by atoms with van der Waals surface area (Å²) in [6, 6.07) is 4.63. The van der Waals surface area contributed by atoms with Gasteiger partial charge >= 0.3 is 0 Å². The summed E-state index contributed by atoms with van der Waals surface area (Å²) < 4.78 is 0. The highest BCUT2D eigenvalue weighted by Gasteiger charge is 2.32. The van der Waals surface area contributed by atoms with Crippen LogP contribution in [-0.2, 0) is 11.3 Å². The fourth-order valence-corrected chi connectivity index (χ4v) is 2.41. The van der Waals surface area contributed by atoms with Crippen LogP contribution in [0.4, 0.5) is 0 Å². The van der Waals surface area contributed by atoms with E-state index in [0.29, 0.717) is 12.6 Å². The normalized spacial score (nSPS) is 15.1. The Bertz CT molecular complexity index is 333. The minimum absolute atomic E-state index is 0.234. The van der Waals surface area contributed by atoms with Gasteiger partial charge in [0.15, 0.2) is 0 Å². The molecule has 0 aliphatic heterocycles. The average molecular weight is 238 g/mol. The molecular weight excluding hydrogens is 220 g/mol. The molecule has 0 radical (unpaired) electrons. The number of carbonyl (C=O) groups is 1. The van der Waals surface area contributed by atoms with E-state index in [9.17, 15) is 4.79 Å². The first-order chi connectivity index (χ1) is 7.81. The Hall–Kier alpha value is -0.870. The Morgan fingerprint density at radius 2 is 2.44 bits per heavy atom. The number of rotatable bonds is 6. The summed E-state index contributed by atoms with van der Waals surface area (Å²) in [6.07, 6.45) is 2.34. The predicted octanol–water partition coefficient (Wildman–Crippen LogP) is 1.85. The summed E-state index contributed by atoms with van der Waals surface area (Å²) in [5.74, 6) is 0.234. The van der Waals surface area contributed by atoms with Gasteiger partial charge in [-0.3, -0.25) is 4.79 Å². The van der Waals surface area contributed by atoms with Crippen LogP contribution in [0.2, 0.25) is 0 Å². The molecule has 4 heteroatoms. The molecule has 1 aromatic rings. The van der Waals surface area contributed by atoms with Crippen LogP contribution in [0.15, 0.2) is 17.5 Å². The molecular formula is C12H18N2OS. The molecule has 1 N–H and O–H groups in total. The minimum atomic E-state index is 0.234. The monoisotopic (exact) mass is 238 g/mol. The van der Waals surface area contributed by atoms with Crippen molar-refractivity contribution in [1.29, 1.82) is 0 Å². The highest BCUT2D eigenvalue weighted by molar-refractivity contribution is 7.09. The van der Waals surface area contributed by atoms with Crippen molar-refractivity contribution in [2.45, 2.75) is 32.4 Å². The van der Waals surface area contributed by atoms with Gasteiger partial charge in [-0.15, -0.1) is 11.3 Å². The molecule has 0 spiro atoms. The summed E-state index contributed by atoms with van der Waals surface area (Å²) in [4.78, 5) is 15.3. The quantitative estimate of drug-likeness (QED) is 0.820. The van der Waals surface area contributed by atoms with Crippen molar-refractivity contribution in [1.82, 2.24) is 10.2 Å². The van der Waals surface area contributed by atoms with Crippen molar-refractivity contribution in [2.24, 2.45) is 0 Å². The van der Waals surface area contributed by atoms with E-state index in [2.05, 4.69) is 16.8 Å². The van der Waals surface area contributed by atoms with E-state index in [1.165, 1.54) is 17.7 Å². The van der Waals surface area contributed by atoms with Gasteiger partial charge < -0.3 is 10.2 Å². The van der Waals surface area contributed by atoms with E-state index in [1.54, 1.807) is 11.3 Å². The topological polar surface area (TPSA) is 32.3 Å². The predicted molar refractivity (Wildman–Crippen MR) is 66.4 cm³/mol. The second-order valence-electron chi connectivity index (χ2n) is 4.11. The van der Waals surface area contributed by atoms with Crippen LogP contribution in [-0.4, -0.2) is 29.9 Å². The van der Waals surface area contributed by atoms with Crippen LogP contribution in [0.1, 0.15) is 24.6 Å². The molecule has 2 rings (SSSR count). The van der Waals surface area contributed by atoms with Gasteiger partial charge in [0.05, 0.1) is 13.1 Å². The highest BCUT2D eigenvalue weighted by Crippen LogP contribution is 2.29. The van der Waals surface area contributed by atoms with E-state index >= 15 is 0 Å². The minimum Gasteiger partial charge on any atom is -0.333 e. The van der Waals surface area contributed by atoms with Crippen molar-refractivity contribution in [3.05, 3.63) is 22.4 Å². The largest absolute Gasteiger partial charge is 0.333 e. The first-order valence-electron chi connectivity index (χ1n) is 5.84. The fraction of sp³-hybridized carbons (Fsp3) is 0.583. The van der Waals surface area contributed by atoms with E-state index in [-0.39, 0.29) is 5.91 Å². The lowest BCUT2D eigenvalue weighted by atomic mass is 10.3. The standard InChI is InChI=1S/C12H18N2OS/c1-2-13-8-12(15)14(10-5-6-10)9-11-4-3-7-16-11/h3-4,7,10,13H,2,5-6,8-9H2,1H3. The fourth-order valence-electron chi connectivity index (χ4n) is 1.71. The van der Waals surface area contributed by atoms with Crippen molar-refractivity contribution in [3.63, 3.8) is 0 Å². The Morgan fingerprint density at radius 3 is 3.00 bits per heavy atom. The van der Waals surface area contributed by atoms with Crippen LogP contribution in [0.3, 0.4) is 0 Å². The summed E-state index contributed by atoms with van der Waals surface area (Å²) in [7, 11) is 0. The smallest absolute Gasteiger partial charge is 0.237 e. The molecule has 0 aromatic carbocycles. The number of nitrogens with zero attached hydrogens (tertiary/aromatic N) is 1. The van der Waals surface area contributed by atoms with E-state index in [0.717, 1.165) is 13.1 Å². The van der Waals surface area contributed by atoms with Gasteiger partial charge in [0.1, 0.15) is 0 Å². The first-order valence-corrected chi connectivity index (χ1v) is 6.71. The van der Waals surface area contributed by atoms with E-state index in [1.807, 2.05) is 17.9 Å². The van der Waals surface area contributed by atoms with Crippen molar-refractivity contribution in [3.8, 4) is 0 Å². The van der Waals surface area contributed by atoms with E-state index < -0.39 is 0 Å². The summed E-state index contributed by atoms with van der Waals surface area (Å²) in [5, 5.41) is 5.17. The van der Waals surface area contributed by atoms with Gasteiger partial charge in [-0.05, 0) is 30.8 Å². The zero-order valence-corrected chi connectivity index (χ0v) is 10.4. The highest BCUT2D eigenvalue weighted by atomic mass is 32.1. The maximum Gasteiger partial charge on any atom is 0.237 e. The summed E-state index contributed by atoms with van der Waals surface area (Å²) >= 11 is 1.72. The maximum absolute atomic E-state index is 12.0. The van der Waals surface area contributed by atoms with Crippen LogP contribution in [0, 0.1) is 0 Å². The average Bonchev–Trinajstić information content (AvgIpc) is 3.00. The van der Waals surface area contributed by atoms with Gasteiger partial charge in [0.2, 0.25) is 5.91 Å². The number of nitrogens with one attached hydrogen (secondary N) is 1. The number of thiophene rings is 1. The molecule has 3 nitrogen and oxygen atoms in total. The van der Waals surface area contributed by atoms with Crippen LogP contribution in [0.5, 0.6) is 0 Å². The van der Waals surface area contributed by atoms with Crippen molar-refractivity contribution >= 4 is 17.2 Å². The van der Waals surface area contributed by atoms with Gasteiger partial charge in [-0.25, -0.2) is 0 Å². The zero-order valence-electron chi connectivity index (χ0n) is 9.61. The SMILES string of the molecule is CCNCC(=O)N(Cc1cccs1)C1CC1. The zero-order chi connectivity index (χ0) is 11.4. The van der Waals surface area contributed by atoms with E-state index in [4.69, 9.17) is 0 Å². The molecule has 1 saturated carbocycles. The molecule has 16 heavy (non-hydrogen) atoms. The number of carbonyl (C=O) groups excluding carboxylic acids is 1. The van der Waals surface area contributed by atoms with Gasteiger partial charge in [0, 0.05) is 10.9 Å². The molecule has 1 heterocycles. The number of hydrogen-bond acceptors (Lipinski definition) is 3. The van der Waals surface area contributed by atoms with Gasteiger partial charge in [-0.2, -0.15) is 0 Å². The second kappa shape index (κ2) is 5.46. The molecule has 1 fully saturated rings. The maximum atomic E-state index is 12.0. The third-order valence-corrected chi connectivity index (χ3v) is 3.60. The molecule has 0 atom stereocenters. The molecule has 0 bridgehead atoms. The third kappa shape index (κ3) is 3.06. The number of hydrogen-bond donors (Lipinski definition) is 1. The Labute approximate surface area is 100 Å². The van der Waals surface area contributed by atoms with Crippen molar-refractivity contribution < 1.29 is 4.79 Å². The molecule has 88 valence electrons. The number of likely N-dealkylation sites (N-methyl/N-ethyl adjacent to an activating group) is 1. The van der Waals surface area contributed by atoms with Crippen LogP contribution in [0.25, 0.3) is 0 Å². The summed E-state index contributed by atoms with van der Waals surface area (Å²) in [6.45, 7) is 4.13. The first kappa shape index (κ1) is 11.6. The molecule has 1 aromatic heterocycles. The van der Waals surface area contributed by atoms with Gasteiger partial charge in [0.25, 0.3) is 0 Å². The Kier molecular flexibility index (Phi) is 3.96. The number of amides is 1. The Balaban J connectivity index is 1.92. The molecule has 1 aliphatic carbocycles. The lowest BCUT2D eigenvalue weighted by Crippen LogP contribution is -2.39. The van der Waals surface area contributed by atoms with Crippen molar-refractivity contribution in [2.75, 3.05) is 13.1 Å². The second-order valence-corrected chi connectivity index (χ2v) is 5.14. The lowest BCUT2D eigenvalue weighted by molar-refractivity contribution is -0.131. The summed E-state index contributed by atoms with van der Waals surface area (Å²) in [5.41, 5.74) is 0. The lowest BCUT2D eigenvalue weighted by Gasteiger charge is -2.21. The third-order valence-electron chi connectivity index (χ3n) is 2.74. The Morgan fingerprint density at radius 1 is 1.62 bits per heavy atom. The molecule has 0 saturated heterocycles. The molecule has 0 unspecified atom stereocenters.